The van der Waals surface area contributed by atoms with Crippen LogP contribution in [0.1, 0.15) is 10.4 Å². The molecule has 0 fully saturated rings. The van der Waals surface area contributed by atoms with E-state index in [9.17, 15) is 4.79 Å². The Balaban J connectivity index is 2.65. The standard InChI is InChI=1S/C20H36O6Si2/c1-22-20(21)19-17(25-15-23-11-13-27(2,3)4)9-8-10-18(19)26-16-24-12-14-28(5,6)7/h8-10H,11-16H2,1-7H3. The first-order chi connectivity index (χ1) is 13.0. The molecule has 1 rings (SSSR count). The maximum Gasteiger partial charge on any atom is 0.345 e. The number of rotatable bonds is 13. The van der Waals surface area contributed by atoms with Crippen molar-refractivity contribution < 1.29 is 28.5 Å². The quantitative estimate of drug-likeness (QED) is 0.194. The molecule has 0 aromatic heterocycles. The van der Waals surface area contributed by atoms with Crippen molar-refractivity contribution in [2.45, 2.75) is 51.4 Å². The Hall–Kier alpha value is -1.36. The minimum absolute atomic E-state index is 0.0740. The van der Waals surface area contributed by atoms with Gasteiger partial charge in [0, 0.05) is 29.4 Å². The number of carbonyl (C=O) groups excluding carboxylic acids is 1. The van der Waals surface area contributed by atoms with Crippen LogP contribution in [0.15, 0.2) is 18.2 Å². The molecule has 0 N–H and O–H groups in total. The summed E-state index contributed by atoms with van der Waals surface area (Å²) in [6.45, 7) is 15.2. The second-order valence-corrected chi connectivity index (χ2v) is 20.3. The van der Waals surface area contributed by atoms with Gasteiger partial charge in [0.05, 0.1) is 7.11 Å². The lowest BCUT2D eigenvalue weighted by molar-refractivity contribution is 0.0154. The first kappa shape index (κ1) is 24.7. The first-order valence-corrected chi connectivity index (χ1v) is 17.1. The summed E-state index contributed by atoms with van der Waals surface area (Å²) in [6.07, 6.45) is 0. The summed E-state index contributed by atoms with van der Waals surface area (Å²) in [4.78, 5) is 12.2. The SMILES string of the molecule is COC(=O)c1c(OCOCC[Si](C)(C)C)cccc1OCOCC[Si](C)(C)C. The van der Waals surface area contributed by atoms with Crippen molar-refractivity contribution in [3.05, 3.63) is 23.8 Å². The smallest absolute Gasteiger partial charge is 0.345 e. The van der Waals surface area contributed by atoms with Crippen molar-refractivity contribution in [2.24, 2.45) is 0 Å². The van der Waals surface area contributed by atoms with Crippen LogP contribution in [-0.2, 0) is 14.2 Å². The van der Waals surface area contributed by atoms with Crippen LogP contribution in [0, 0.1) is 0 Å². The second kappa shape index (κ2) is 11.6. The number of benzene rings is 1. The van der Waals surface area contributed by atoms with E-state index in [0.717, 1.165) is 12.1 Å². The van der Waals surface area contributed by atoms with Gasteiger partial charge in [-0.3, -0.25) is 0 Å². The van der Waals surface area contributed by atoms with E-state index in [1.807, 2.05) is 0 Å². The maximum atomic E-state index is 12.2. The molecule has 8 heteroatoms. The summed E-state index contributed by atoms with van der Waals surface area (Å²) in [5, 5.41) is 0. The molecule has 0 heterocycles. The average Bonchev–Trinajstić information content (AvgIpc) is 2.58. The molecule has 0 amide bonds. The van der Waals surface area contributed by atoms with Gasteiger partial charge >= 0.3 is 5.97 Å². The van der Waals surface area contributed by atoms with Gasteiger partial charge in [-0.05, 0) is 24.2 Å². The molecular formula is C20H36O6Si2. The summed E-state index contributed by atoms with van der Waals surface area (Å²) in [5.41, 5.74) is 0.243. The highest BCUT2D eigenvalue weighted by atomic mass is 28.3. The number of carbonyl (C=O) groups is 1. The number of ether oxygens (including phenoxy) is 5. The molecule has 0 saturated carbocycles. The van der Waals surface area contributed by atoms with Crippen LogP contribution in [0.25, 0.3) is 0 Å². The average molecular weight is 429 g/mol. The zero-order chi connectivity index (χ0) is 21.2. The largest absolute Gasteiger partial charge is 0.466 e. The third-order valence-corrected chi connectivity index (χ3v) is 7.37. The Kier molecular flexibility index (Phi) is 10.2. The fraction of sp³-hybridized carbons (Fsp3) is 0.650. The van der Waals surface area contributed by atoms with Gasteiger partial charge in [-0.25, -0.2) is 4.79 Å². The fourth-order valence-corrected chi connectivity index (χ4v) is 3.65. The lowest BCUT2D eigenvalue weighted by Gasteiger charge is -2.18. The Bertz CT molecular complexity index is 565. The van der Waals surface area contributed by atoms with Gasteiger partial charge < -0.3 is 23.7 Å². The molecule has 1 aromatic carbocycles. The van der Waals surface area contributed by atoms with E-state index in [1.54, 1.807) is 18.2 Å². The number of methoxy groups -OCH3 is 1. The molecule has 0 unspecified atom stereocenters. The summed E-state index contributed by atoms with van der Waals surface area (Å²) in [6, 6.07) is 7.28. The summed E-state index contributed by atoms with van der Waals surface area (Å²) < 4.78 is 27.4. The predicted octanol–water partition coefficient (Wildman–Crippen LogP) is 4.86. The fourth-order valence-electron chi connectivity index (χ4n) is 2.14. The molecule has 0 bridgehead atoms. The van der Waals surface area contributed by atoms with Crippen molar-refractivity contribution in [3.8, 4) is 11.5 Å². The number of hydrogen-bond donors (Lipinski definition) is 0. The van der Waals surface area contributed by atoms with E-state index in [1.165, 1.54) is 7.11 Å². The predicted molar refractivity (Wildman–Crippen MR) is 117 cm³/mol. The third-order valence-electron chi connectivity index (χ3n) is 3.97. The van der Waals surface area contributed by atoms with Crippen molar-refractivity contribution >= 4 is 22.1 Å². The van der Waals surface area contributed by atoms with Gasteiger partial charge in [-0.15, -0.1) is 0 Å². The monoisotopic (exact) mass is 428 g/mol. The van der Waals surface area contributed by atoms with Crippen molar-refractivity contribution in [2.75, 3.05) is 33.9 Å². The van der Waals surface area contributed by atoms with Crippen LogP contribution in [-0.4, -0.2) is 56.0 Å². The zero-order valence-corrected chi connectivity index (χ0v) is 20.4. The van der Waals surface area contributed by atoms with Crippen molar-refractivity contribution in [3.63, 3.8) is 0 Å². The van der Waals surface area contributed by atoms with Gasteiger partial charge in [0.2, 0.25) is 0 Å². The Morgan fingerprint density at radius 3 is 1.61 bits per heavy atom. The van der Waals surface area contributed by atoms with E-state index < -0.39 is 22.1 Å². The Labute approximate surface area is 171 Å². The van der Waals surface area contributed by atoms with Crippen molar-refractivity contribution in [1.82, 2.24) is 0 Å². The molecule has 6 nitrogen and oxygen atoms in total. The van der Waals surface area contributed by atoms with Crippen LogP contribution >= 0.6 is 0 Å². The zero-order valence-electron chi connectivity index (χ0n) is 18.4. The van der Waals surface area contributed by atoms with Crippen LogP contribution in [0.2, 0.25) is 51.4 Å². The number of esters is 1. The Morgan fingerprint density at radius 2 is 1.25 bits per heavy atom. The lowest BCUT2D eigenvalue weighted by Crippen LogP contribution is -2.22. The molecule has 0 aliphatic heterocycles. The van der Waals surface area contributed by atoms with E-state index in [2.05, 4.69) is 39.3 Å². The summed E-state index contributed by atoms with van der Waals surface area (Å²) in [5.74, 6) is 0.230. The molecule has 28 heavy (non-hydrogen) atoms. The number of hydrogen-bond acceptors (Lipinski definition) is 6. The molecule has 0 aliphatic rings. The molecule has 0 saturated heterocycles. The molecule has 0 aliphatic carbocycles. The summed E-state index contributed by atoms with van der Waals surface area (Å²) >= 11 is 0. The normalized spacial score (nSPS) is 12.0. The van der Waals surface area contributed by atoms with Crippen LogP contribution in [0.5, 0.6) is 11.5 Å². The van der Waals surface area contributed by atoms with Crippen LogP contribution < -0.4 is 9.47 Å². The molecule has 160 valence electrons. The van der Waals surface area contributed by atoms with Gasteiger partial charge in [-0.2, -0.15) is 0 Å². The van der Waals surface area contributed by atoms with Gasteiger partial charge in [0.25, 0.3) is 0 Å². The van der Waals surface area contributed by atoms with E-state index >= 15 is 0 Å². The Morgan fingerprint density at radius 1 is 0.821 bits per heavy atom. The lowest BCUT2D eigenvalue weighted by atomic mass is 10.2. The third kappa shape index (κ3) is 10.3. The molecule has 0 spiro atoms. The minimum atomic E-state index is -1.15. The van der Waals surface area contributed by atoms with Crippen LogP contribution in [0.4, 0.5) is 0 Å². The summed E-state index contributed by atoms with van der Waals surface area (Å²) in [7, 11) is -0.969. The highest BCUT2D eigenvalue weighted by molar-refractivity contribution is 6.76. The van der Waals surface area contributed by atoms with E-state index in [-0.39, 0.29) is 19.1 Å². The van der Waals surface area contributed by atoms with Crippen LogP contribution in [0.3, 0.4) is 0 Å². The molecule has 0 radical (unpaired) electrons. The van der Waals surface area contributed by atoms with Gasteiger partial charge in [0.15, 0.2) is 13.6 Å². The van der Waals surface area contributed by atoms with E-state index in [0.29, 0.717) is 24.7 Å². The second-order valence-electron chi connectivity index (χ2n) is 9.08. The molecule has 1 aromatic rings. The highest BCUT2D eigenvalue weighted by Crippen LogP contribution is 2.29. The maximum absolute atomic E-state index is 12.2. The first-order valence-electron chi connectivity index (χ1n) is 9.66. The highest BCUT2D eigenvalue weighted by Gasteiger charge is 2.20. The van der Waals surface area contributed by atoms with Gasteiger partial charge in [-0.1, -0.05) is 45.3 Å². The topological polar surface area (TPSA) is 63.2 Å². The van der Waals surface area contributed by atoms with Crippen molar-refractivity contribution in [1.29, 1.82) is 0 Å². The van der Waals surface area contributed by atoms with Gasteiger partial charge in [0.1, 0.15) is 17.1 Å². The molecule has 0 atom stereocenters. The van der Waals surface area contributed by atoms with E-state index in [4.69, 9.17) is 23.7 Å². The minimum Gasteiger partial charge on any atom is -0.466 e. The molecular weight excluding hydrogens is 392 g/mol.